The Morgan fingerprint density at radius 3 is 2.40 bits per heavy atom. The summed E-state index contributed by atoms with van der Waals surface area (Å²) in [5.41, 5.74) is 3.87. The summed E-state index contributed by atoms with van der Waals surface area (Å²) >= 11 is 0. The molecular formula is C25H30N2O3. The van der Waals surface area contributed by atoms with Crippen molar-refractivity contribution in [3.8, 4) is 0 Å². The highest BCUT2D eigenvalue weighted by Crippen LogP contribution is 2.28. The van der Waals surface area contributed by atoms with Crippen molar-refractivity contribution in [2.24, 2.45) is 0 Å². The fourth-order valence-corrected chi connectivity index (χ4v) is 4.37. The van der Waals surface area contributed by atoms with Crippen LogP contribution >= 0.6 is 0 Å². The largest absolute Gasteiger partial charge is 0.378 e. The Morgan fingerprint density at radius 1 is 0.933 bits per heavy atom. The second kappa shape index (κ2) is 9.43. The monoisotopic (exact) mass is 406 g/mol. The van der Waals surface area contributed by atoms with Crippen molar-refractivity contribution >= 4 is 11.8 Å². The predicted octanol–water partition coefficient (Wildman–Crippen LogP) is 3.74. The summed E-state index contributed by atoms with van der Waals surface area (Å²) in [5.74, 6) is 0.429. The van der Waals surface area contributed by atoms with Crippen molar-refractivity contribution in [1.82, 2.24) is 9.80 Å². The molecule has 0 bridgehead atoms. The zero-order valence-electron chi connectivity index (χ0n) is 17.7. The lowest BCUT2D eigenvalue weighted by atomic mass is 9.89. The number of likely N-dealkylation sites (tertiary alicyclic amines) is 1. The molecule has 1 atom stereocenters. The van der Waals surface area contributed by atoms with Crippen LogP contribution in [0.25, 0.3) is 0 Å². The number of hydrogen-bond donors (Lipinski definition) is 0. The molecule has 5 nitrogen and oxygen atoms in total. The first-order valence-corrected chi connectivity index (χ1v) is 11.0. The Bertz CT molecular complexity index is 888. The van der Waals surface area contributed by atoms with E-state index in [0.717, 1.165) is 42.5 Å². The van der Waals surface area contributed by atoms with Crippen LogP contribution < -0.4 is 0 Å². The van der Waals surface area contributed by atoms with Gasteiger partial charge in [-0.05, 0) is 54.7 Å². The summed E-state index contributed by atoms with van der Waals surface area (Å²) in [6.07, 6.45) is 2.98. The van der Waals surface area contributed by atoms with Crippen molar-refractivity contribution in [1.29, 1.82) is 0 Å². The number of amides is 2. The van der Waals surface area contributed by atoms with Crippen molar-refractivity contribution in [3.63, 3.8) is 0 Å². The minimum atomic E-state index is 0.0694. The Hall–Kier alpha value is -2.66. The van der Waals surface area contributed by atoms with Gasteiger partial charge < -0.3 is 14.5 Å². The standard InChI is InChI=1S/C25H30N2O3/c1-2-19-8-10-20(11-9-19)24(28)27-12-4-7-23(18-27)21-5-3-6-22(17-21)25(29)26-13-15-30-16-14-26/h3,5-6,8-11,17,23H,2,4,7,12-16,18H2,1H3. The minimum absolute atomic E-state index is 0.0694. The van der Waals surface area contributed by atoms with Crippen molar-refractivity contribution in [3.05, 3.63) is 70.8 Å². The molecule has 30 heavy (non-hydrogen) atoms. The van der Waals surface area contributed by atoms with Crippen molar-refractivity contribution in [2.75, 3.05) is 39.4 Å². The average Bonchev–Trinajstić information content (AvgIpc) is 2.84. The molecule has 0 radical (unpaired) electrons. The maximum Gasteiger partial charge on any atom is 0.254 e. The summed E-state index contributed by atoms with van der Waals surface area (Å²) in [7, 11) is 0. The molecule has 2 saturated heterocycles. The zero-order valence-corrected chi connectivity index (χ0v) is 17.7. The third-order valence-corrected chi connectivity index (χ3v) is 6.22. The molecule has 0 N–H and O–H groups in total. The molecular weight excluding hydrogens is 376 g/mol. The van der Waals surface area contributed by atoms with E-state index in [1.807, 2.05) is 52.3 Å². The van der Waals surface area contributed by atoms with Gasteiger partial charge in [-0.1, -0.05) is 31.2 Å². The van der Waals surface area contributed by atoms with Gasteiger partial charge in [-0.15, -0.1) is 0 Å². The second-order valence-electron chi connectivity index (χ2n) is 8.17. The molecule has 2 aromatic carbocycles. The van der Waals surface area contributed by atoms with Crippen LogP contribution in [0.2, 0.25) is 0 Å². The maximum atomic E-state index is 13.0. The highest BCUT2D eigenvalue weighted by atomic mass is 16.5. The summed E-state index contributed by atoms with van der Waals surface area (Å²) in [5, 5.41) is 0. The van der Waals surface area contributed by atoms with Gasteiger partial charge in [-0.2, -0.15) is 0 Å². The molecule has 5 heteroatoms. The molecule has 0 spiro atoms. The van der Waals surface area contributed by atoms with Gasteiger partial charge in [0, 0.05) is 43.2 Å². The SMILES string of the molecule is CCc1ccc(C(=O)N2CCCC(c3cccc(C(=O)N4CCOCC4)c3)C2)cc1. The summed E-state index contributed by atoms with van der Waals surface area (Å²) in [6, 6.07) is 15.9. The molecule has 158 valence electrons. The predicted molar refractivity (Wildman–Crippen MR) is 117 cm³/mol. The van der Waals surface area contributed by atoms with Gasteiger partial charge in [-0.25, -0.2) is 0 Å². The molecule has 2 aliphatic rings. The number of nitrogens with zero attached hydrogens (tertiary/aromatic N) is 2. The maximum absolute atomic E-state index is 13.0. The van der Waals surface area contributed by atoms with E-state index in [4.69, 9.17) is 4.74 Å². The van der Waals surface area contributed by atoms with E-state index in [1.54, 1.807) is 0 Å². The van der Waals surface area contributed by atoms with E-state index in [9.17, 15) is 9.59 Å². The van der Waals surface area contributed by atoms with E-state index in [0.29, 0.717) is 32.8 Å². The first kappa shape index (κ1) is 20.6. The number of rotatable bonds is 4. The van der Waals surface area contributed by atoms with Gasteiger partial charge in [0.05, 0.1) is 13.2 Å². The molecule has 0 saturated carbocycles. The number of carbonyl (C=O) groups is 2. The van der Waals surface area contributed by atoms with E-state index in [-0.39, 0.29) is 17.7 Å². The number of piperidine rings is 1. The molecule has 4 rings (SSSR count). The normalized spacial score (nSPS) is 19.6. The summed E-state index contributed by atoms with van der Waals surface area (Å²) in [6.45, 7) is 6.09. The van der Waals surface area contributed by atoms with Crippen molar-refractivity contribution in [2.45, 2.75) is 32.1 Å². The first-order valence-electron chi connectivity index (χ1n) is 11.0. The van der Waals surface area contributed by atoms with Crippen molar-refractivity contribution < 1.29 is 14.3 Å². The second-order valence-corrected chi connectivity index (χ2v) is 8.17. The van der Waals surface area contributed by atoms with E-state index in [2.05, 4.69) is 13.0 Å². The summed E-state index contributed by atoms with van der Waals surface area (Å²) < 4.78 is 5.36. The lowest BCUT2D eigenvalue weighted by Gasteiger charge is -2.33. The van der Waals surface area contributed by atoms with E-state index < -0.39 is 0 Å². The van der Waals surface area contributed by atoms with Crippen LogP contribution in [0.4, 0.5) is 0 Å². The minimum Gasteiger partial charge on any atom is -0.378 e. The molecule has 2 amide bonds. The van der Waals surface area contributed by atoms with Gasteiger partial charge in [0.25, 0.3) is 11.8 Å². The smallest absolute Gasteiger partial charge is 0.254 e. The van der Waals surface area contributed by atoms with Crippen LogP contribution in [0.15, 0.2) is 48.5 Å². The number of aryl methyl sites for hydroxylation is 1. The lowest BCUT2D eigenvalue weighted by Crippen LogP contribution is -2.41. The molecule has 1 unspecified atom stereocenters. The highest BCUT2D eigenvalue weighted by molar-refractivity contribution is 5.95. The number of hydrogen-bond acceptors (Lipinski definition) is 3. The van der Waals surface area contributed by atoms with Crippen LogP contribution in [0, 0.1) is 0 Å². The van der Waals surface area contributed by atoms with Crippen LogP contribution in [-0.2, 0) is 11.2 Å². The Kier molecular flexibility index (Phi) is 6.48. The molecule has 0 aromatic heterocycles. The fraction of sp³-hybridized carbons (Fsp3) is 0.440. The molecule has 2 aromatic rings. The average molecular weight is 407 g/mol. The Morgan fingerprint density at radius 2 is 1.67 bits per heavy atom. The topological polar surface area (TPSA) is 49.9 Å². The van der Waals surface area contributed by atoms with E-state index >= 15 is 0 Å². The van der Waals surface area contributed by atoms with Gasteiger partial charge in [0.1, 0.15) is 0 Å². The van der Waals surface area contributed by atoms with E-state index in [1.165, 1.54) is 5.56 Å². The first-order chi connectivity index (χ1) is 14.7. The lowest BCUT2D eigenvalue weighted by molar-refractivity contribution is 0.0302. The quantitative estimate of drug-likeness (QED) is 0.777. The zero-order chi connectivity index (χ0) is 20.9. The number of morpholine rings is 1. The van der Waals surface area contributed by atoms with Gasteiger partial charge in [-0.3, -0.25) is 9.59 Å². The summed E-state index contributed by atoms with van der Waals surface area (Å²) in [4.78, 5) is 29.7. The molecule has 0 aliphatic carbocycles. The Balaban J connectivity index is 1.46. The van der Waals surface area contributed by atoms with Crippen LogP contribution in [0.5, 0.6) is 0 Å². The number of benzene rings is 2. The third kappa shape index (κ3) is 4.57. The highest BCUT2D eigenvalue weighted by Gasteiger charge is 2.26. The van der Waals surface area contributed by atoms with Crippen LogP contribution in [0.3, 0.4) is 0 Å². The Labute approximate surface area is 178 Å². The van der Waals surface area contributed by atoms with Gasteiger partial charge in [0.15, 0.2) is 0 Å². The molecule has 2 fully saturated rings. The van der Waals surface area contributed by atoms with Crippen LogP contribution in [-0.4, -0.2) is 61.0 Å². The third-order valence-electron chi connectivity index (χ3n) is 6.22. The number of ether oxygens (including phenoxy) is 1. The van der Waals surface area contributed by atoms with Gasteiger partial charge in [0.2, 0.25) is 0 Å². The fourth-order valence-electron chi connectivity index (χ4n) is 4.37. The molecule has 2 aliphatic heterocycles. The van der Waals surface area contributed by atoms with Crippen LogP contribution in [0.1, 0.15) is 57.5 Å². The number of carbonyl (C=O) groups excluding carboxylic acids is 2. The van der Waals surface area contributed by atoms with Gasteiger partial charge >= 0.3 is 0 Å². The molecule has 2 heterocycles.